The van der Waals surface area contributed by atoms with Crippen molar-refractivity contribution in [2.75, 3.05) is 5.73 Å². The Bertz CT molecular complexity index is 1260. The van der Waals surface area contributed by atoms with Gasteiger partial charge in [0.1, 0.15) is 23.5 Å². The fourth-order valence-electron chi connectivity index (χ4n) is 3.17. The van der Waals surface area contributed by atoms with Crippen LogP contribution in [0, 0.1) is 18.2 Å². The zero-order valence-electron chi connectivity index (χ0n) is 17.9. The number of phosphoric ester groups is 1. The maximum absolute atomic E-state index is 15.6. The SMILES string of the molecule is C#Cc1c(F)c(N)nc(=O)n1[C@@H]1O[C@H](C(C)(C)OP(=O)(O)OP(=O)(O)OP(=O)(O)O)C(O)[C@@]1(C)F. The summed E-state index contributed by atoms with van der Waals surface area (Å²) in [6.07, 6.45) is -1.27. The summed E-state index contributed by atoms with van der Waals surface area (Å²) in [6.45, 7) is 2.53. The van der Waals surface area contributed by atoms with Crippen LogP contribution < -0.4 is 11.4 Å². The first-order valence-corrected chi connectivity index (χ1v) is 13.5. The number of terminal acetylenes is 1. The van der Waals surface area contributed by atoms with Gasteiger partial charge >= 0.3 is 29.2 Å². The number of hydrogen-bond donors (Lipinski definition) is 6. The van der Waals surface area contributed by atoms with Gasteiger partial charge in [0.2, 0.25) is 0 Å². The number of phosphoric acid groups is 3. The third kappa shape index (κ3) is 6.41. The summed E-state index contributed by atoms with van der Waals surface area (Å²) >= 11 is 0. The summed E-state index contributed by atoms with van der Waals surface area (Å²) in [5.74, 6) is -0.499. The molecule has 35 heavy (non-hydrogen) atoms. The van der Waals surface area contributed by atoms with Crippen LogP contribution >= 0.6 is 23.5 Å². The number of aromatic nitrogens is 2. The second kappa shape index (κ2) is 9.38. The molecule has 3 unspecified atom stereocenters. The van der Waals surface area contributed by atoms with Gasteiger partial charge < -0.3 is 35.2 Å². The van der Waals surface area contributed by atoms with Crippen molar-refractivity contribution >= 4 is 29.3 Å². The molecule has 21 heteroatoms. The van der Waals surface area contributed by atoms with Crippen molar-refractivity contribution in [3.8, 4) is 12.3 Å². The average Bonchev–Trinajstić information content (AvgIpc) is 2.84. The van der Waals surface area contributed by atoms with Gasteiger partial charge in [0.05, 0.1) is 0 Å². The summed E-state index contributed by atoms with van der Waals surface area (Å²) in [6, 6.07) is 0. The Morgan fingerprint density at radius 1 is 1.23 bits per heavy atom. The molecule has 0 saturated carbocycles. The van der Waals surface area contributed by atoms with Crippen molar-refractivity contribution in [2.45, 2.75) is 50.5 Å². The van der Waals surface area contributed by atoms with E-state index in [1.807, 2.05) is 0 Å². The molecule has 1 aromatic rings. The molecule has 1 aliphatic rings. The third-order valence-electron chi connectivity index (χ3n) is 4.54. The van der Waals surface area contributed by atoms with E-state index in [0.29, 0.717) is 6.92 Å². The van der Waals surface area contributed by atoms with Crippen LogP contribution in [-0.4, -0.2) is 57.7 Å². The fourth-order valence-corrected chi connectivity index (χ4v) is 6.51. The average molecular weight is 569 g/mol. The Hall–Kier alpha value is -1.57. The van der Waals surface area contributed by atoms with E-state index in [4.69, 9.17) is 26.7 Å². The lowest BCUT2D eigenvalue weighted by atomic mass is 9.90. The first-order valence-electron chi connectivity index (χ1n) is 8.96. The minimum Gasteiger partial charge on any atom is -0.387 e. The van der Waals surface area contributed by atoms with Crippen LogP contribution in [0.3, 0.4) is 0 Å². The number of aliphatic hydroxyl groups excluding tert-OH is 1. The topological polar surface area (TPSA) is 250 Å². The number of nitrogens with two attached hydrogens (primary N) is 1. The minimum absolute atomic E-state index is 0.232. The Morgan fingerprint density at radius 2 is 1.77 bits per heavy atom. The maximum Gasteiger partial charge on any atom is 0.490 e. The smallest absolute Gasteiger partial charge is 0.387 e. The van der Waals surface area contributed by atoms with E-state index in [1.54, 1.807) is 5.92 Å². The molecule has 0 amide bonds. The van der Waals surface area contributed by atoms with Crippen molar-refractivity contribution < 1.29 is 65.0 Å². The first kappa shape index (κ1) is 29.7. The van der Waals surface area contributed by atoms with Crippen LogP contribution in [0.2, 0.25) is 0 Å². The zero-order valence-corrected chi connectivity index (χ0v) is 20.6. The van der Waals surface area contributed by atoms with Gasteiger partial charge in [-0.2, -0.15) is 18.0 Å². The molecule has 16 nitrogen and oxygen atoms in total. The lowest BCUT2D eigenvalue weighted by Gasteiger charge is -2.34. The third-order valence-corrected chi connectivity index (χ3v) is 8.57. The molecule has 1 fully saturated rings. The van der Waals surface area contributed by atoms with Gasteiger partial charge in [-0.25, -0.2) is 22.9 Å². The lowest BCUT2D eigenvalue weighted by Crippen LogP contribution is -2.49. The molecule has 2 heterocycles. The quantitative estimate of drug-likeness (QED) is 0.179. The molecule has 1 aliphatic heterocycles. The van der Waals surface area contributed by atoms with Crippen LogP contribution in [0.1, 0.15) is 32.7 Å². The van der Waals surface area contributed by atoms with Crippen molar-refractivity contribution in [2.24, 2.45) is 0 Å². The molecule has 0 aromatic carbocycles. The monoisotopic (exact) mass is 569 g/mol. The molecular weight excluding hydrogens is 549 g/mol. The molecule has 1 aromatic heterocycles. The van der Waals surface area contributed by atoms with Crippen LogP contribution in [0.5, 0.6) is 0 Å². The number of aliphatic hydroxyl groups is 1. The van der Waals surface area contributed by atoms with Gasteiger partial charge in [0.15, 0.2) is 23.5 Å². The number of nitrogen functional groups attached to an aromatic ring is 1. The van der Waals surface area contributed by atoms with Gasteiger partial charge in [-0.1, -0.05) is 0 Å². The highest BCUT2D eigenvalue weighted by atomic mass is 31.3. The second-order valence-corrected chi connectivity index (χ2v) is 12.1. The Balaban J connectivity index is 2.43. The minimum atomic E-state index is -5.89. The van der Waals surface area contributed by atoms with Crippen LogP contribution in [0.4, 0.5) is 14.6 Å². The molecule has 6 atom stereocenters. The van der Waals surface area contributed by atoms with Gasteiger partial charge in [-0.05, 0) is 26.7 Å². The fraction of sp³-hybridized carbons (Fsp3) is 0.571. The Morgan fingerprint density at radius 3 is 2.26 bits per heavy atom. The van der Waals surface area contributed by atoms with Crippen molar-refractivity contribution in [1.29, 1.82) is 0 Å². The van der Waals surface area contributed by atoms with Gasteiger partial charge in [0.25, 0.3) is 0 Å². The summed E-state index contributed by atoms with van der Waals surface area (Å²) in [5, 5.41) is 10.5. The van der Waals surface area contributed by atoms with Crippen LogP contribution in [-0.2, 0) is 31.6 Å². The molecular formula is C14H20F2N3O13P3. The van der Waals surface area contributed by atoms with E-state index in [2.05, 4.69) is 18.1 Å². The predicted octanol–water partition coefficient (Wildman–Crippen LogP) is 0.0543. The Kier molecular flexibility index (Phi) is 7.95. The van der Waals surface area contributed by atoms with E-state index < -0.39 is 76.2 Å². The highest BCUT2D eigenvalue weighted by Gasteiger charge is 2.61. The van der Waals surface area contributed by atoms with Gasteiger partial charge in [-0.3, -0.25) is 9.09 Å². The zero-order chi connectivity index (χ0) is 27.4. The van der Waals surface area contributed by atoms with Crippen LogP contribution in [0.25, 0.3) is 0 Å². The van der Waals surface area contributed by atoms with E-state index in [1.165, 1.54) is 0 Å². The summed E-state index contributed by atoms with van der Waals surface area (Å²) in [4.78, 5) is 51.7. The maximum atomic E-state index is 15.6. The Labute approximate surface area is 195 Å². The molecule has 2 rings (SSSR count). The van der Waals surface area contributed by atoms with E-state index in [-0.39, 0.29) is 4.57 Å². The number of nitrogens with zero attached hydrogens (tertiary/aromatic N) is 2. The molecule has 198 valence electrons. The van der Waals surface area contributed by atoms with E-state index >= 15 is 4.39 Å². The van der Waals surface area contributed by atoms with Crippen LogP contribution in [0.15, 0.2) is 4.79 Å². The molecule has 0 spiro atoms. The number of anilines is 1. The van der Waals surface area contributed by atoms with Gasteiger partial charge in [-0.15, -0.1) is 6.42 Å². The number of alkyl halides is 1. The molecule has 7 N–H and O–H groups in total. The second-order valence-electron chi connectivity index (χ2n) is 7.75. The number of halogens is 2. The summed E-state index contributed by atoms with van der Waals surface area (Å²) < 4.78 is 81.7. The standard InChI is InChI=1S/C14H20F2N3O13P3/c1-5-6-7(15)10(17)18-12(21)19(6)11-14(4,16)8(20)9(29-11)13(2,3)30-34(25,26)32-35(27,28)31-33(22,23)24/h1,8-9,11,20H,2-4H3,(H,25,26)(H,27,28)(H2,17,18,21)(H2,22,23,24)/t8?,9-,11+,14+/m0/s1. The largest absolute Gasteiger partial charge is 0.490 e. The highest BCUT2D eigenvalue weighted by molar-refractivity contribution is 7.66. The van der Waals surface area contributed by atoms with Gasteiger partial charge in [0, 0.05) is 0 Å². The van der Waals surface area contributed by atoms with E-state index in [9.17, 15) is 37.8 Å². The molecule has 0 radical (unpaired) electrons. The molecule has 1 saturated heterocycles. The molecule has 0 bridgehead atoms. The van der Waals surface area contributed by atoms with Crippen molar-refractivity contribution in [3.63, 3.8) is 0 Å². The number of rotatable bonds is 8. The first-order chi connectivity index (χ1) is 15.5. The normalized spacial score (nSPS) is 28.8. The summed E-state index contributed by atoms with van der Waals surface area (Å²) in [7, 11) is -17.3. The predicted molar refractivity (Wildman–Crippen MR) is 109 cm³/mol. The highest BCUT2D eigenvalue weighted by Crippen LogP contribution is 2.67. The summed E-state index contributed by atoms with van der Waals surface area (Å²) in [5.41, 5.74) is -2.29. The number of ether oxygens (including phenoxy) is 1. The van der Waals surface area contributed by atoms with Crippen molar-refractivity contribution in [1.82, 2.24) is 9.55 Å². The molecule has 0 aliphatic carbocycles. The van der Waals surface area contributed by atoms with Crippen molar-refractivity contribution in [3.05, 3.63) is 22.0 Å². The number of hydrogen-bond acceptors (Lipinski definition) is 11. The lowest BCUT2D eigenvalue weighted by molar-refractivity contribution is -0.120. The van der Waals surface area contributed by atoms with E-state index in [0.717, 1.165) is 13.8 Å².